The van der Waals surface area contributed by atoms with Crippen LogP contribution >= 0.6 is 22.6 Å². The van der Waals surface area contributed by atoms with E-state index in [0.29, 0.717) is 16.8 Å². The molecule has 2 amide bonds. The smallest absolute Gasteiger partial charge is 0.274 e. The van der Waals surface area contributed by atoms with Crippen LogP contribution in [-0.4, -0.2) is 16.7 Å². The van der Waals surface area contributed by atoms with Gasteiger partial charge in [0, 0.05) is 25.5 Å². The summed E-state index contributed by atoms with van der Waals surface area (Å²) in [6.45, 7) is 0. The maximum Gasteiger partial charge on any atom is 0.285 e. The van der Waals surface area contributed by atoms with Crippen molar-refractivity contribution in [3.05, 3.63) is 109 Å². The van der Waals surface area contributed by atoms with E-state index in [0.717, 1.165) is 14.7 Å². The minimum absolute atomic E-state index is 0.345. The van der Waals surface area contributed by atoms with E-state index in [1.807, 2.05) is 36.4 Å². The molecule has 3 aromatic rings. The predicted molar refractivity (Wildman–Crippen MR) is 121 cm³/mol. The average molecular weight is 522 g/mol. The second-order valence-corrected chi connectivity index (χ2v) is 9.30. The van der Waals surface area contributed by atoms with Crippen molar-refractivity contribution in [3.8, 4) is 0 Å². The highest BCUT2D eigenvalue weighted by molar-refractivity contribution is 14.1. The molecule has 2 atom stereocenters. The van der Waals surface area contributed by atoms with E-state index in [4.69, 9.17) is 0 Å². The van der Waals surface area contributed by atoms with Crippen LogP contribution in [0.5, 0.6) is 0 Å². The zero-order valence-corrected chi connectivity index (χ0v) is 18.2. The summed E-state index contributed by atoms with van der Waals surface area (Å²) in [6, 6.07) is 21.5. The van der Waals surface area contributed by atoms with Gasteiger partial charge in [-0.2, -0.15) is 0 Å². The van der Waals surface area contributed by atoms with Crippen molar-refractivity contribution in [2.24, 2.45) is 11.8 Å². The maximum absolute atomic E-state index is 13.8. The fourth-order valence-electron chi connectivity index (χ4n) is 5.91. The van der Waals surface area contributed by atoms with Crippen LogP contribution in [0.3, 0.4) is 0 Å². The van der Waals surface area contributed by atoms with Crippen LogP contribution in [0.4, 0.5) is 5.69 Å². The van der Waals surface area contributed by atoms with Gasteiger partial charge in [0.25, 0.3) is 5.54 Å². The van der Waals surface area contributed by atoms with Crippen molar-refractivity contribution in [2.45, 2.75) is 11.5 Å². The van der Waals surface area contributed by atoms with Crippen LogP contribution in [0, 0.1) is 25.5 Å². The Morgan fingerprint density at radius 1 is 0.839 bits per heavy atom. The highest BCUT2D eigenvalue weighted by Crippen LogP contribution is 2.64. The van der Waals surface area contributed by atoms with Crippen LogP contribution in [0.2, 0.25) is 0 Å². The first-order chi connectivity index (χ1) is 15.0. The van der Waals surface area contributed by atoms with Gasteiger partial charge in [0.1, 0.15) is 5.92 Å². The zero-order chi connectivity index (χ0) is 21.5. The number of halogens is 1. The van der Waals surface area contributed by atoms with Gasteiger partial charge in [-0.1, -0.05) is 60.7 Å². The lowest BCUT2D eigenvalue weighted by atomic mass is 9.51. The van der Waals surface area contributed by atoms with E-state index in [1.54, 1.807) is 36.4 Å². The maximum atomic E-state index is 13.8. The second kappa shape index (κ2) is 6.23. The number of nitrogens with zero attached hydrogens (tertiary/aromatic N) is 2. The molecule has 7 rings (SSSR count). The summed E-state index contributed by atoms with van der Waals surface area (Å²) < 4.78 is 0.748. The number of carbonyl (C=O) groups is 2. The Hall–Kier alpha value is -3.07. The fraction of sp³-hybridized carbons (Fsp3) is 0.167. The van der Waals surface area contributed by atoms with E-state index in [-0.39, 0.29) is 16.7 Å². The Balaban J connectivity index is 1.69. The van der Waals surface area contributed by atoms with Gasteiger partial charge in [-0.3, -0.25) is 19.7 Å². The largest absolute Gasteiger partial charge is 0.285 e. The summed E-state index contributed by atoms with van der Waals surface area (Å²) in [5.41, 5.74) is 1.29. The summed E-state index contributed by atoms with van der Waals surface area (Å²) in [7, 11) is 0. The lowest BCUT2D eigenvalue weighted by Crippen LogP contribution is -2.57. The Morgan fingerprint density at radius 2 is 1.39 bits per heavy atom. The van der Waals surface area contributed by atoms with E-state index < -0.39 is 23.3 Å². The summed E-state index contributed by atoms with van der Waals surface area (Å²) in [6.07, 6.45) is 0. The van der Waals surface area contributed by atoms with Crippen molar-refractivity contribution >= 4 is 40.1 Å². The second-order valence-electron chi connectivity index (χ2n) is 8.14. The predicted octanol–water partition coefficient (Wildman–Crippen LogP) is 4.08. The number of para-hydroxylation sites is 1. The Morgan fingerprint density at radius 3 is 1.97 bits per heavy atom. The monoisotopic (exact) mass is 522 g/mol. The molecule has 0 aromatic heterocycles. The fourth-order valence-corrected chi connectivity index (χ4v) is 6.54. The standard InChI is InChI=1S/C24H15IN2O4/c25-17-11-5-6-12-18(17)26-22(28)20-19-13-7-1-3-9-15(13)24(27(30)31,21(20)23(26)29)16-10-4-2-8-14(16)19/h1-12,19-21H/t19?,20-,21-,24?/m0/s1. The molecule has 7 heteroatoms. The molecular weight excluding hydrogens is 507 g/mol. The minimum Gasteiger partial charge on any atom is -0.274 e. The third-order valence-corrected chi connectivity index (χ3v) is 7.87. The first kappa shape index (κ1) is 18.7. The SMILES string of the molecule is O=C1[C@@H]2[C@@H](C(=O)N1c1ccccc1I)C1c3ccccc3C2([N+](=O)[O-])c2ccccc21. The average Bonchev–Trinajstić information content (AvgIpc) is 3.05. The van der Waals surface area contributed by atoms with Crippen molar-refractivity contribution < 1.29 is 14.5 Å². The summed E-state index contributed by atoms with van der Waals surface area (Å²) >= 11 is 2.09. The molecule has 1 fully saturated rings. The normalized spacial score (nSPS) is 27.6. The molecule has 31 heavy (non-hydrogen) atoms. The number of amides is 2. The molecule has 0 saturated carbocycles. The van der Waals surface area contributed by atoms with E-state index in [2.05, 4.69) is 22.6 Å². The molecule has 3 aliphatic carbocycles. The number of carbonyl (C=O) groups excluding carboxylic acids is 2. The number of rotatable bonds is 2. The molecule has 6 nitrogen and oxygen atoms in total. The van der Waals surface area contributed by atoms with E-state index in [1.165, 1.54) is 4.90 Å². The minimum atomic E-state index is -1.78. The van der Waals surface area contributed by atoms with Crippen LogP contribution < -0.4 is 4.90 Å². The third-order valence-electron chi connectivity index (χ3n) is 6.95. The molecule has 0 unspecified atom stereocenters. The first-order valence-electron chi connectivity index (χ1n) is 9.95. The lowest BCUT2D eigenvalue weighted by molar-refractivity contribution is -0.578. The first-order valence-corrected chi connectivity index (χ1v) is 11.0. The van der Waals surface area contributed by atoms with Gasteiger partial charge in [-0.05, 0) is 45.9 Å². The third kappa shape index (κ3) is 2.07. The number of hydrogen-bond acceptors (Lipinski definition) is 4. The topological polar surface area (TPSA) is 80.5 Å². The van der Waals surface area contributed by atoms with Gasteiger partial charge in [-0.15, -0.1) is 0 Å². The molecule has 0 spiro atoms. The number of nitro groups is 1. The Bertz CT molecular complexity index is 1270. The number of benzene rings is 3. The molecule has 152 valence electrons. The number of anilines is 1. The number of imide groups is 1. The highest BCUT2D eigenvalue weighted by atomic mass is 127. The molecule has 0 radical (unpaired) electrons. The van der Waals surface area contributed by atoms with Gasteiger partial charge in [0.2, 0.25) is 11.8 Å². The molecule has 1 heterocycles. The zero-order valence-electron chi connectivity index (χ0n) is 16.1. The quantitative estimate of drug-likeness (QED) is 0.220. The van der Waals surface area contributed by atoms with Gasteiger partial charge >= 0.3 is 0 Å². The van der Waals surface area contributed by atoms with E-state index in [9.17, 15) is 19.7 Å². The van der Waals surface area contributed by atoms with Crippen molar-refractivity contribution in [2.75, 3.05) is 4.90 Å². The highest BCUT2D eigenvalue weighted by Gasteiger charge is 2.74. The van der Waals surface area contributed by atoms with Crippen LogP contribution in [0.25, 0.3) is 0 Å². The van der Waals surface area contributed by atoms with Gasteiger partial charge in [0.05, 0.1) is 11.6 Å². The Labute approximate surface area is 191 Å². The number of hydrogen-bond donors (Lipinski definition) is 0. The summed E-state index contributed by atoms with van der Waals surface area (Å²) in [5.74, 6) is -3.13. The van der Waals surface area contributed by atoms with Gasteiger partial charge < -0.3 is 0 Å². The molecule has 1 saturated heterocycles. The molecule has 2 bridgehead atoms. The molecular formula is C24H15IN2O4. The lowest BCUT2D eigenvalue weighted by Gasteiger charge is -2.48. The summed E-state index contributed by atoms with van der Waals surface area (Å²) in [5, 5.41) is 12.9. The van der Waals surface area contributed by atoms with Crippen LogP contribution in [0.1, 0.15) is 28.2 Å². The molecule has 4 aliphatic rings. The van der Waals surface area contributed by atoms with E-state index >= 15 is 0 Å². The van der Waals surface area contributed by atoms with Crippen molar-refractivity contribution in [3.63, 3.8) is 0 Å². The van der Waals surface area contributed by atoms with Crippen molar-refractivity contribution in [1.29, 1.82) is 0 Å². The van der Waals surface area contributed by atoms with Crippen molar-refractivity contribution in [1.82, 2.24) is 0 Å². The summed E-state index contributed by atoms with van der Waals surface area (Å²) in [4.78, 5) is 41.3. The Kier molecular flexibility index (Phi) is 3.75. The van der Waals surface area contributed by atoms with Gasteiger partial charge in [-0.25, -0.2) is 4.90 Å². The molecule has 0 N–H and O–H groups in total. The van der Waals surface area contributed by atoms with Gasteiger partial charge in [0.15, 0.2) is 0 Å². The van der Waals surface area contributed by atoms with Crippen LogP contribution in [-0.2, 0) is 15.1 Å². The van der Waals surface area contributed by atoms with Crippen LogP contribution in [0.15, 0.2) is 72.8 Å². The molecule has 1 aliphatic heterocycles. The molecule has 3 aromatic carbocycles.